The minimum absolute atomic E-state index is 0.100. The van der Waals surface area contributed by atoms with E-state index in [4.69, 9.17) is 14.2 Å². The normalized spacial score (nSPS) is 12.9. The first-order valence-electron chi connectivity index (χ1n) is 25.2. The maximum Gasteiger partial charge on any atom is 0.306 e. The van der Waals surface area contributed by atoms with Crippen molar-refractivity contribution in [1.82, 2.24) is 0 Å². The summed E-state index contributed by atoms with van der Waals surface area (Å²) in [5, 5.41) is 0. The second kappa shape index (κ2) is 50.0. The van der Waals surface area contributed by atoms with Crippen molar-refractivity contribution in [1.29, 1.82) is 0 Å². The zero-order valence-corrected chi connectivity index (χ0v) is 40.1. The summed E-state index contributed by atoms with van der Waals surface area (Å²) in [7, 11) is 0. The van der Waals surface area contributed by atoms with E-state index in [1.807, 2.05) is 0 Å². The molecule has 1 atom stereocenters. The van der Waals surface area contributed by atoms with Gasteiger partial charge in [0, 0.05) is 19.3 Å². The Morgan fingerprint density at radius 3 is 1.05 bits per heavy atom. The molecule has 0 aromatic heterocycles. The third kappa shape index (κ3) is 47.4. The third-order valence-electron chi connectivity index (χ3n) is 10.3. The van der Waals surface area contributed by atoms with E-state index in [9.17, 15) is 14.4 Å². The molecule has 0 aromatic carbocycles. The Balaban J connectivity index is 4.48. The molecule has 0 saturated heterocycles. The summed E-state index contributed by atoms with van der Waals surface area (Å²) in [6, 6.07) is 0. The van der Waals surface area contributed by atoms with Crippen LogP contribution in [0.25, 0.3) is 0 Å². The van der Waals surface area contributed by atoms with E-state index in [0.29, 0.717) is 19.3 Å². The molecule has 6 nitrogen and oxygen atoms in total. The average Bonchev–Trinajstić information content (AvgIpc) is 3.27. The van der Waals surface area contributed by atoms with Crippen LogP contribution in [0.4, 0.5) is 0 Å². The zero-order valence-electron chi connectivity index (χ0n) is 40.1. The van der Waals surface area contributed by atoms with Crippen LogP contribution in [-0.2, 0) is 28.6 Å². The minimum Gasteiger partial charge on any atom is -0.462 e. The fraction of sp³-hybridized carbons (Fsp3) is 0.661. The molecule has 0 saturated carbocycles. The Labute approximate surface area is 381 Å². The highest BCUT2D eigenvalue weighted by Crippen LogP contribution is 2.13. The highest BCUT2D eigenvalue weighted by Gasteiger charge is 2.19. The molecule has 0 aliphatic heterocycles. The summed E-state index contributed by atoms with van der Waals surface area (Å²) >= 11 is 0. The second-order valence-electron chi connectivity index (χ2n) is 16.3. The molecule has 0 heterocycles. The van der Waals surface area contributed by atoms with E-state index in [1.165, 1.54) is 25.7 Å². The Kier molecular flexibility index (Phi) is 47.0. The first kappa shape index (κ1) is 58.3. The second-order valence-corrected chi connectivity index (χ2v) is 16.3. The smallest absolute Gasteiger partial charge is 0.306 e. The average molecular weight is 861 g/mol. The molecule has 0 fully saturated rings. The quantitative estimate of drug-likeness (QED) is 0.0263. The molecule has 0 bridgehead atoms. The molecule has 0 aliphatic rings. The third-order valence-corrected chi connectivity index (χ3v) is 10.3. The summed E-state index contributed by atoms with van der Waals surface area (Å²) in [5.74, 6) is -0.956. The van der Waals surface area contributed by atoms with Crippen LogP contribution in [0.3, 0.4) is 0 Å². The predicted molar refractivity (Wildman–Crippen MR) is 265 cm³/mol. The highest BCUT2D eigenvalue weighted by atomic mass is 16.6. The molecule has 0 aliphatic carbocycles. The van der Waals surface area contributed by atoms with E-state index in [0.717, 1.165) is 154 Å². The molecular weight excluding hydrogens is 769 g/mol. The Bertz CT molecular complexity index is 1260. The molecule has 0 radical (unpaired) electrons. The molecule has 0 aromatic rings. The monoisotopic (exact) mass is 861 g/mol. The molecular formula is C56H92O6. The minimum atomic E-state index is -0.801. The van der Waals surface area contributed by atoms with Crippen LogP contribution in [0.15, 0.2) is 97.2 Å². The number of unbranched alkanes of at least 4 members (excludes halogenated alkanes) is 17. The SMILES string of the molecule is CC/C=C\C/C=C\C/C=C\C/C=C\CCCCCCC(=O)OCC(COC(=O)CCCCCCC/C=C\C/C=C\CCC)OC(=O)CCCCCCC/C=C\C/C=C\CCCC. The van der Waals surface area contributed by atoms with Gasteiger partial charge in [-0.3, -0.25) is 14.4 Å². The van der Waals surface area contributed by atoms with E-state index >= 15 is 0 Å². The number of rotatable bonds is 44. The molecule has 1 unspecified atom stereocenters. The van der Waals surface area contributed by atoms with Gasteiger partial charge in [0.2, 0.25) is 0 Å². The summed E-state index contributed by atoms with van der Waals surface area (Å²) < 4.78 is 16.7. The van der Waals surface area contributed by atoms with Crippen molar-refractivity contribution in [2.45, 2.75) is 226 Å². The van der Waals surface area contributed by atoms with Gasteiger partial charge in [-0.2, -0.15) is 0 Å². The zero-order chi connectivity index (χ0) is 45.1. The Hall–Kier alpha value is -3.67. The fourth-order valence-electron chi connectivity index (χ4n) is 6.49. The van der Waals surface area contributed by atoms with Gasteiger partial charge in [-0.05, 0) is 109 Å². The van der Waals surface area contributed by atoms with Crippen LogP contribution in [-0.4, -0.2) is 37.2 Å². The highest BCUT2D eigenvalue weighted by molar-refractivity contribution is 5.71. The van der Waals surface area contributed by atoms with Gasteiger partial charge < -0.3 is 14.2 Å². The lowest BCUT2D eigenvalue weighted by Gasteiger charge is -2.18. The van der Waals surface area contributed by atoms with Crippen LogP contribution < -0.4 is 0 Å². The number of carbonyl (C=O) groups excluding carboxylic acids is 3. The van der Waals surface area contributed by atoms with E-state index in [-0.39, 0.29) is 31.1 Å². The first-order chi connectivity index (χ1) is 30.5. The van der Waals surface area contributed by atoms with Gasteiger partial charge in [-0.25, -0.2) is 0 Å². The maximum atomic E-state index is 12.8. The predicted octanol–water partition coefficient (Wildman–Crippen LogP) is 16.6. The molecule has 352 valence electrons. The van der Waals surface area contributed by atoms with Gasteiger partial charge in [-0.1, -0.05) is 189 Å². The number of hydrogen-bond donors (Lipinski definition) is 0. The van der Waals surface area contributed by atoms with E-state index < -0.39 is 6.10 Å². The maximum absolute atomic E-state index is 12.8. The van der Waals surface area contributed by atoms with E-state index in [1.54, 1.807) is 0 Å². The van der Waals surface area contributed by atoms with Crippen molar-refractivity contribution in [3.63, 3.8) is 0 Å². The standard InChI is InChI=1S/C56H92O6/c1-4-7-10-13-16-19-22-25-27-28-29-32-34-37-40-43-46-49-55(58)61-52-53(51-60-54(57)48-45-42-39-36-33-30-24-21-18-15-12-9-6-3)62-56(59)50-47-44-41-38-35-31-26-23-20-17-14-11-8-5-2/h7,10,12,14-17,19,21,23-27,29,32,53H,4-6,8-9,11,13,18,20,22,28,30-31,33-52H2,1-3H3/b10-7-,15-12-,17-14-,19-16-,24-21-,26-23-,27-25-,32-29-. The molecule has 62 heavy (non-hydrogen) atoms. The van der Waals surface area contributed by atoms with Crippen molar-refractivity contribution in [3.05, 3.63) is 97.2 Å². The summed E-state index contributed by atoms with van der Waals surface area (Å²) in [6.45, 7) is 6.36. The van der Waals surface area contributed by atoms with Gasteiger partial charge in [-0.15, -0.1) is 0 Å². The summed E-state index contributed by atoms with van der Waals surface area (Å²) in [4.78, 5) is 37.9. The van der Waals surface area contributed by atoms with Gasteiger partial charge in [0.05, 0.1) is 0 Å². The number of esters is 3. The molecule has 0 N–H and O–H groups in total. The number of allylic oxidation sites excluding steroid dienone is 16. The lowest BCUT2D eigenvalue weighted by atomic mass is 10.1. The molecule has 0 amide bonds. The van der Waals surface area contributed by atoms with Crippen molar-refractivity contribution in [2.75, 3.05) is 13.2 Å². The Morgan fingerprint density at radius 1 is 0.339 bits per heavy atom. The topological polar surface area (TPSA) is 78.9 Å². The van der Waals surface area contributed by atoms with Gasteiger partial charge >= 0.3 is 17.9 Å². The number of carbonyl (C=O) groups is 3. The van der Waals surface area contributed by atoms with Gasteiger partial charge in [0.15, 0.2) is 6.10 Å². The van der Waals surface area contributed by atoms with Crippen LogP contribution in [0.2, 0.25) is 0 Å². The largest absolute Gasteiger partial charge is 0.462 e. The van der Waals surface area contributed by atoms with Crippen LogP contribution in [0, 0.1) is 0 Å². The van der Waals surface area contributed by atoms with Crippen molar-refractivity contribution in [3.8, 4) is 0 Å². The van der Waals surface area contributed by atoms with Crippen LogP contribution in [0.1, 0.15) is 220 Å². The van der Waals surface area contributed by atoms with Gasteiger partial charge in [0.25, 0.3) is 0 Å². The molecule has 0 spiro atoms. The van der Waals surface area contributed by atoms with Gasteiger partial charge in [0.1, 0.15) is 13.2 Å². The van der Waals surface area contributed by atoms with Crippen molar-refractivity contribution >= 4 is 17.9 Å². The first-order valence-corrected chi connectivity index (χ1v) is 25.2. The number of hydrogen-bond acceptors (Lipinski definition) is 6. The molecule has 0 rings (SSSR count). The Morgan fingerprint density at radius 2 is 0.661 bits per heavy atom. The van der Waals surface area contributed by atoms with Crippen molar-refractivity contribution in [2.24, 2.45) is 0 Å². The fourth-order valence-corrected chi connectivity index (χ4v) is 6.49. The van der Waals surface area contributed by atoms with Crippen LogP contribution in [0.5, 0.6) is 0 Å². The lowest BCUT2D eigenvalue weighted by molar-refractivity contribution is -0.167. The molecule has 6 heteroatoms. The summed E-state index contributed by atoms with van der Waals surface area (Å²) in [6.07, 6.45) is 65.2. The van der Waals surface area contributed by atoms with E-state index in [2.05, 4.69) is 118 Å². The summed E-state index contributed by atoms with van der Waals surface area (Å²) in [5.41, 5.74) is 0. The lowest BCUT2D eigenvalue weighted by Crippen LogP contribution is -2.30. The van der Waals surface area contributed by atoms with Crippen LogP contribution >= 0.6 is 0 Å². The number of ether oxygens (including phenoxy) is 3. The van der Waals surface area contributed by atoms with Crippen molar-refractivity contribution < 1.29 is 28.6 Å².